The second-order valence-corrected chi connectivity index (χ2v) is 1.14. The van der Waals surface area contributed by atoms with E-state index in [1.54, 1.807) is 0 Å². The molecule has 0 aliphatic rings. The molecule has 0 aliphatic carbocycles. The average molecular weight is 175 g/mol. The van der Waals surface area contributed by atoms with Crippen molar-refractivity contribution >= 4 is 32.7 Å². The maximum atomic E-state index is 5.14. The van der Waals surface area contributed by atoms with Crippen molar-refractivity contribution in [1.29, 1.82) is 0 Å². The van der Waals surface area contributed by atoms with Gasteiger partial charge in [-0.3, -0.25) is 0 Å². The minimum absolute atomic E-state index is 0. The van der Waals surface area contributed by atoms with E-state index < -0.39 is 0 Å². The maximum absolute atomic E-state index is 5.14. The Hall–Kier alpha value is 0.565. The summed E-state index contributed by atoms with van der Waals surface area (Å²) in [4.78, 5) is 0. The molecule has 0 saturated carbocycles. The molecule has 0 unspecified atom stereocenters. The first-order valence-corrected chi connectivity index (χ1v) is 2.12. The molecule has 58 valence electrons. The Labute approximate surface area is 70.3 Å². The van der Waals surface area contributed by atoms with Crippen LogP contribution in [0.3, 0.4) is 0 Å². The maximum Gasteiger partial charge on any atom is -0.870 e. The molecule has 0 fully saturated rings. The summed E-state index contributed by atoms with van der Waals surface area (Å²) in [5.41, 5.74) is 0. The smallest absolute Gasteiger partial charge is 0.870 e. The third kappa shape index (κ3) is 56.1. The van der Waals surface area contributed by atoms with E-state index in [-0.39, 0.29) is 35.8 Å². The van der Waals surface area contributed by atoms with Gasteiger partial charge in [-0.15, -0.1) is 24.8 Å². The molecule has 0 rings (SSSR count). The molecule has 0 amide bonds. The van der Waals surface area contributed by atoms with Crippen LogP contribution in [0.5, 0.6) is 0 Å². The van der Waals surface area contributed by atoms with E-state index >= 15 is 0 Å². The van der Waals surface area contributed by atoms with Gasteiger partial charge in [0.2, 0.25) is 0 Å². The van der Waals surface area contributed by atoms with Crippen molar-refractivity contribution in [2.24, 2.45) is 0 Å². The van der Waals surface area contributed by atoms with E-state index in [0.717, 1.165) is 6.32 Å². The van der Waals surface area contributed by atoms with Gasteiger partial charge in [0.15, 0.2) is 0 Å². The van der Waals surface area contributed by atoms with Crippen LogP contribution in [0.25, 0.3) is 0 Å². The monoisotopic (exact) mass is 174 g/mol. The molecule has 0 atom stereocenters. The van der Waals surface area contributed by atoms with Crippen molar-refractivity contribution in [3.63, 3.8) is 0 Å². The Morgan fingerprint density at radius 2 is 1.44 bits per heavy atom. The van der Waals surface area contributed by atoms with Gasteiger partial charge in [-0.1, -0.05) is 0 Å². The number of rotatable bonds is 2. The molecular weight excluding hydrogens is 162 g/mol. The van der Waals surface area contributed by atoms with Crippen LogP contribution < -0.4 is 0 Å². The van der Waals surface area contributed by atoms with Crippen molar-refractivity contribution < 1.29 is 11.0 Å². The summed E-state index contributed by atoms with van der Waals surface area (Å²) >= 11 is 0. The van der Waals surface area contributed by atoms with Gasteiger partial charge in [-0.2, -0.15) is 0 Å². The van der Waals surface area contributed by atoms with Crippen LogP contribution in [0, 0.1) is 0 Å². The van der Waals surface area contributed by atoms with E-state index in [2.05, 4.69) is 6.92 Å². The molecule has 5 heteroatoms. The predicted molar refractivity (Wildman–Crippen MR) is 43.8 cm³/mol. The minimum Gasteiger partial charge on any atom is -0.870 e. The Kier molecular flexibility index (Phi) is 144. The zero-order chi connectivity index (χ0) is 4.12. The van der Waals surface area contributed by atoms with E-state index in [1.165, 1.54) is 12.8 Å². The summed E-state index contributed by atoms with van der Waals surface area (Å²) in [7, 11) is 5.14. The molecule has 0 saturated heterocycles. The molecule has 0 heterocycles. The Morgan fingerprint density at radius 1 is 1.11 bits per heavy atom. The third-order valence-electron chi connectivity index (χ3n) is 0.558. The van der Waals surface area contributed by atoms with Crippen LogP contribution in [-0.4, -0.2) is 18.8 Å². The molecule has 0 aromatic rings. The van der Waals surface area contributed by atoms with E-state index in [9.17, 15) is 0 Å². The molecule has 2 nitrogen and oxygen atoms in total. The van der Waals surface area contributed by atoms with Crippen LogP contribution in [0.15, 0.2) is 0 Å². The summed E-state index contributed by atoms with van der Waals surface area (Å²) in [6.07, 6.45) is 3.23. The van der Waals surface area contributed by atoms with Gasteiger partial charge in [0.25, 0.3) is 0 Å². The number of hydrogen-bond donors (Lipinski definition) is 0. The molecule has 0 bridgehead atoms. The number of unbranched alkanes of at least 4 members (excludes halogenated alkanes) is 1. The average Bonchev–Trinajstić information content (AvgIpc) is 1.41. The SMILES string of the molecule is Cl.Cl.[B+2]CCCC.[OH-].[OH-]. The van der Waals surface area contributed by atoms with Gasteiger partial charge in [0.05, 0.1) is 0 Å². The van der Waals surface area contributed by atoms with Crippen molar-refractivity contribution in [3.8, 4) is 0 Å². The molecule has 0 aliphatic heterocycles. The quantitative estimate of drug-likeness (QED) is 0.601. The van der Waals surface area contributed by atoms with Gasteiger partial charge >= 0.3 is 33.9 Å². The standard InChI is InChI=1S/C4H9B.2ClH.2H2O/c1-2-3-4-5;;;;/h2-4H2,1H3;2*1H;2*1H2/q+2;;;;/p-2. The summed E-state index contributed by atoms with van der Waals surface area (Å²) in [5, 5.41) is 0. The van der Waals surface area contributed by atoms with Gasteiger partial charge in [-0.25, -0.2) is 0 Å². The zero-order valence-corrected chi connectivity index (χ0v) is 7.04. The topological polar surface area (TPSA) is 60.0 Å². The molecular formula is C4H13BCl2O2. The molecule has 0 spiro atoms. The first kappa shape index (κ1) is 33.7. The summed E-state index contributed by atoms with van der Waals surface area (Å²) in [6.45, 7) is 2.13. The molecule has 0 radical (unpaired) electrons. The fourth-order valence-corrected chi connectivity index (χ4v) is 0.204. The molecule has 0 aromatic heterocycles. The largest absolute Gasteiger partial charge is 0.870 e. The van der Waals surface area contributed by atoms with Crippen LogP contribution in [0.4, 0.5) is 0 Å². The third-order valence-corrected chi connectivity index (χ3v) is 0.558. The van der Waals surface area contributed by atoms with E-state index in [1.807, 2.05) is 0 Å². The Morgan fingerprint density at radius 3 is 1.44 bits per heavy atom. The van der Waals surface area contributed by atoms with Crippen LogP contribution in [-0.2, 0) is 0 Å². The summed E-state index contributed by atoms with van der Waals surface area (Å²) < 4.78 is 0. The van der Waals surface area contributed by atoms with Crippen molar-refractivity contribution in [2.45, 2.75) is 26.1 Å². The van der Waals surface area contributed by atoms with Crippen molar-refractivity contribution in [3.05, 3.63) is 0 Å². The van der Waals surface area contributed by atoms with Gasteiger partial charge < -0.3 is 11.0 Å². The van der Waals surface area contributed by atoms with Gasteiger partial charge in [-0.05, 0) is 0 Å². The Balaban J connectivity index is -0.0000000133. The molecule has 2 N–H and O–H groups in total. The van der Waals surface area contributed by atoms with Gasteiger partial charge in [0.1, 0.15) is 0 Å². The summed E-state index contributed by atoms with van der Waals surface area (Å²) in [6, 6.07) is 0. The van der Waals surface area contributed by atoms with E-state index in [0.29, 0.717) is 0 Å². The first-order chi connectivity index (χ1) is 2.41. The second kappa shape index (κ2) is 38.6. The van der Waals surface area contributed by atoms with Gasteiger partial charge in [0, 0.05) is 0 Å². The fraction of sp³-hybridized carbons (Fsp3) is 1.00. The number of hydrogen-bond acceptors (Lipinski definition) is 2. The molecule has 9 heavy (non-hydrogen) atoms. The van der Waals surface area contributed by atoms with Crippen LogP contribution in [0.2, 0.25) is 6.32 Å². The zero-order valence-electron chi connectivity index (χ0n) is 5.41. The van der Waals surface area contributed by atoms with Crippen LogP contribution in [0.1, 0.15) is 19.8 Å². The van der Waals surface area contributed by atoms with Crippen molar-refractivity contribution in [1.82, 2.24) is 0 Å². The number of halogens is 2. The van der Waals surface area contributed by atoms with Crippen molar-refractivity contribution in [2.75, 3.05) is 0 Å². The predicted octanol–water partition coefficient (Wildman–Crippen LogP) is 1.86. The first-order valence-electron chi connectivity index (χ1n) is 2.12. The summed E-state index contributed by atoms with van der Waals surface area (Å²) in [5.74, 6) is 0. The van der Waals surface area contributed by atoms with E-state index in [4.69, 9.17) is 7.85 Å². The molecule has 0 aromatic carbocycles. The fourth-order valence-electron chi connectivity index (χ4n) is 0.204. The minimum atomic E-state index is 0. The second-order valence-electron chi connectivity index (χ2n) is 1.14. The normalized spacial score (nSPS) is 4.78. The van der Waals surface area contributed by atoms with Crippen LogP contribution >= 0.6 is 24.8 Å². The Bertz CT molecular complexity index is 24.0.